The average molecular weight is 328 g/mol. The number of sulfonamides is 1. The maximum absolute atomic E-state index is 12.8. The van der Waals surface area contributed by atoms with E-state index in [1.54, 1.807) is 0 Å². The molecule has 1 atom stereocenters. The lowest BCUT2D eigenvalue weighted by Crippen LogP contribution is -2.40. The SMILES string of the molecule is COC(=O)c1ccc(S(=O)(=O)N2CCCC2CN)c(OC)c1. The number of nitrogens with zero attached hydrogens (tertiary/aromatic N) is 1. The Balaban J connectivity index is 2.45. The third-order valence-electron chi connectivity index (χ3n) is 3.77. The predicted octanol–water partition coefficient (Wildman–Crippen LogP) is 0.594. The number of nitrogens with two attached hydrogens (primary N) is 1. The minimum absolute atomic E-state index is 0.0306. The monoisotopic (exact) mass is 328 g/mol. The standard InChI is InChI=1S/C14H20N2O5S/c1-20-12-8-10(14(17)21-2)5-6-13(12)22(18,19)16-7-3-4-11(16)9-15/h5-6,8,11H,3-4,7,9,15H2,1-2H3. The van der Waals surface area contributed by atoms with Gasteiger partial charge in [-0.25, -0.2) is 13.2 Å². The van der Waals surface area contributed by atoms with Crippen LogP contribution in [0.15, 0.2) is 23.1 Å². The van der Waals surface area contributed by atoms with Gasteiger partial charge in [0, 0.05) is 19.1 Å². The number of carbonyl (C=O) groups is 1. The first-order valence-electron chi connectivity index (χ1n) is 6.94. The molecule has 0 aromatic heterocycles. The van der Waals surface area contributed by atoms with Crippen LogP contribution in [0.3, 0.4) is 0 Å². The summed E-state index contributed by atoms with van der Waals surface area (Å²) in [7, 11) is -1.10. The highest BCUT2D eigenvalue weighted by Crippen LogP contribution is 2.32. The Morgan fingerprint density at radius 3 is 2.73 bits per heavy atom. The summed E-state index contributed by atoms with van der Waals surface area (Å²) in [6.45, 7) is 0.716. The van der Waals surface area contributed by atoms with E-state index in [4.69, 9.17) is 10.5 Å². The molecule has 0 radical (unpaired) electrons. The second kappa shape index (κ2) is 6.64. The molecular weight excluding hydrogens is 308 g/mol. The van der Waals surface area contributed by atoms with Crippen molar-refractivity contribution >= 4 is 16.0 Å². The van der Waals surface area contributed by atoms with Crippen LogP contribution in [0, 0.1) is 0 Å². The van der Waals surface area contributed by atoms with Crippen LogP contribution in [-0.2, 0) is 14.8 Å². The summed E-state index contributed by atoms with van der Waals surface area (Å²) in [4.78, 5) is 11.6. The van der Waals surface area contributed by atoms with E-state index >= 15 is 0 Å². The van der Waals surface area contributed by atoms with Gasteiger partial charge in [-0.2, -0.15) is 4.31 Å². The Labute approximate surface area is 130 Å². The number of carbonyl (C=O) groups excluding carboxylic acids is 1. The van der Waals surface area contributed by atoms with E-state index < -0.39 is 16.0 Å². The van der Waals surface area contributed by atoms with Gasteiger partial charge in [-0.1, -0.05) is 0 Å². The molecule has 1 heterocycles. The van der Waals surface area contributed by atoms with Crippen LogP contribution in [0.25, 0.3) is 0 Å². The van der Waals surface area contributed by atoms with Crippen LogP contribution in [0.4, 0.5) is 0 Å². The summed E-state index contributed by atoms with van der Waals surface area (Å²) in [5.74, 6) is -0.436. The maximum atomic E-state index is 12.8. The smallest absolute Gasteiger partial charge is 0.337 e. The number of esters is 1. The fourth-order valence-electron chi connectivity index (χ4n) is 2.61. The van der Waals surface area contributed by atoms with Crippen molar-refractivity contribution in [3.05, 3.63) is 23.8 Å². The third kappa shape index (κ3) is 2.94. The Morgan fingerprint density at radius 2 is 2.14 bits per heavy atom. The maximum Gasteiger partial charge on any atom is 0.337 e. The molecule has 1 fully saturated rings. The van der Waals surface area contributed by atoms with E-state index in [0.29, 0.717) is 6.54 Å². The molecule has 2 N–H and O–H groups in total. The van der Waals surface area contributed by atoms with Crippen molar-refractivity contribution in [2.24, 2.45) is 5.73 Å². The van der Waals surface area contributed by atoms with Crippen molar-refractivity contribution in [1.29, 1.82) is 0 Å². The summed E-state index contributed by atoms with van der Waals surface area (Å²) in [6.07, 6.45) is 1.53. The topological polar surface area (TPSA) is 98.9 Å². The minimum Gasteiger partial charge on any atom is -0.495 e. The second-order valence-corrected chi connectivity index (χ2v) is 6.86. The summed E-state index contributed by atoms with van der Waals surface area (Å²) in [6, 6.07) is 3.95. The van der Waals surface area contributed by atoms with Crippen LogP contribution in [0.5, 0.6) is 5.75 Å². The molecular formula is C14H20N2O5S. The lowest BCUT2D eigenvalue weighted by molar-refractivity contribution is 0.0600. The molecule has 2 rings (SSSR count). The van der Waals surface area contributed by atoms with Crippen LogP contribution >= 0.6 is 0 Å². The lowest BCUT2D eigenvalue weighted by Gasteiger charge is -2.23. The van der Waals surface area contributed by atoms with Gasteiger partial charge in [0.1, 0.15) is 10.6 Å². The van der Waals surface area contributed by atoms with E-state index in [9.17, 15) is 13.2 Å². The molecule has 22 heavy (non-hydrogen) atoms. The van der Waals surface area contributed by atoms with Gasteiger partial charge in [-0.3, -0.25) is 0 Å². The van der Waals surface area contributed by atoms with Crippen LogP contribution in [-0.4, -0.2) is 52.0 Å². The highest BCUT2D eigenvalue weighted by Gasteiger charge is 2.36. The molecule has 1 aromatic carbocycles. The molecule has 8 heteroatoms. The fraction of sp³-hybridized carbons (Fsp3) is 0.500. The highest BCUT2D eigenvalue weighted by molar-refractivity contribution is 7.89. The molecule has 1 aliphatic heterocycles. The Hall–Kier alpha value is -1.64. The number of hydrogen-bond donors (Lipinski definition) is 1. The highest BCUT2D eigenvalue weighted by atomic mass is 32.2. The fourth-order valence-corrected chi connectivity index (χ4v) is 4.46. The van der Waals surface area contributed by atoms with Crippen molar-refractivity contribution in [3.8, 4) is 5.75 Å². The molecule has 1 aromatic rings. The zero-order valence-electron chi connectivity index (χ0n) is 12.6. The average Bonchev–Trinajstić information content (AvgIpc) is 3.02. The van der Waals surface area contributed by atoms with Gasteiger partial charge in [0.25, 0.3) is 0 Å². The minimum atomic E-state index is -3.72. The molecule has 0 amide bonds. The number of ether oxygens (including phenoxy) is 2. The van der Waals surface area contributed by atoms with Gasteiger partial charge in [-0.15, -0.1) is 0 Å². The third-order valence-corrected chi connectivity index (χ3v) is 5.76. The Morgan fingerprint density at radius 1 is 1.41 bits per heavy atom. The van der Waals surface area contributed by atoms with Gasteiger partial charge in [0.2, 0.25) is 10.0 Å². The molecule has 0 aliphatic carbocycles. The first kappa shape index (κ1) is 16.7. The zero-order chi connectivity index (χ0) is 16.3. The Kier molecular flexibility index (Phi) is 5.05. The summed E-state index contributed by atoms with van der Waals surface area (Å²) in [5.41, 5.74) is 5.88. The van der Waals surface area contributed by atoms with E-state index in [1.165, 1.54) is 36.7 Å². The molecule has 1 aliphatic rings. The largest absolute Gasteiger partial charge is 0.495 e. The van der Waals surface area contributed by atoms with Crippen LogP contribution in [0.2, 0.25) is 0 Å². The van der Waals surface area contributed by atoms with Crippen LogP contribution < -0.4 is 10.5 Å². The van der Waals surface area contributed by atoms with Gasteiger partial charge < -0.3 is 15.2 Å². The number of benzene rings is 1. The van der Waals surface area contributed by atoms with Crippen molar-refractivity contribution in [3.63, 3.8) is 0 Å². The van der Waals surface area contributed by atoms with Crippen molar-refractivity contribution in [2.45, 2.75) is 23.8 Å². The first-order valence-corrected chi connectivity index (χ1v) is 8.38. The van der Waals surface area contributed by atoms with Crippen molar-refractivity contribution < 1.29 is 22.7 Å². The summed E-state index contributed by atoms with van der Waals surface area (Å²) >= 11 is 0. The van der Waals surface area contributed by atoms with Crippen LogP contribution in [0.1, 0.15) is 23.2 Å². The number of rotatable bonds is 5. The normalized spacial score (nSPS) is 19.1. The van der Waals surface area contributed by atoms with E-state index in [0.717, 1.165) is 12.8 Å². The molecule has 122 valence electrons. The molecule has 1 unspecified atom stereocenters. The molecule has 1 saturated heterocycles. The van der Waals surface area contributed by atoms with Gasteiger partial charge in [-0.05, 0) is 31.0 Å². The van der Waals surface area contributed by atoms with Gasteiger partial charge in [0.15, 0.2) is 0 Å². The molecule has 0 bridgehead atoms. The van der Waals surface area contributed by atoms with E-state index in [1.807, 2.05) is 0 Å². The quantitative estimate of drug-likeness (QED) is 0.795. The molecule has 7 nitrogen and oxygen atoms in total. The van der Waals surface area contributed by atoms with E-state index in [2.05, 4.69) is 4.74 Å². The first-order chi connectivity index (χ1) is 10.5. The van der Waals surface area contributed by atoms with Crippen molar-refractivity contribution in [1.82, 2.24) is 4.31 Å². The van der Waals surface area contributed by atoms with Crippen molar-refractivity contribution in [2.75, 3.05) is 27.3 Å². The molecule has 0 saturated carbocycles. The number of hydrogen-bond acceptors (Lipinski definition) is 6. The predicted molar refractivity (Wildman–Crippen MR) is 80.3 cm³/mol. The van der Waals surface area contributed by atoms with Gasteiger partial charge >= 0.3 is 5.97 Å². The zero-order valence-corrected chi connectivity index (χ0v) is 13.4. The Bertz CT molecular complexity index is 659. The lowest BCUT2D eigenvalue weighted by atomic mass is 10.2. The van der Waals surface area contributed by atoms with Gasteiger partial charge in [0.05, 0.1) is 19.8 Å². The summed E-state index contributed by atoms with van der Waals surface area (Å²) < 4.78 is 36.8. The summed E-state index contributed by atoms with van der Waals surface area (Å²) in [5, 5.41) is 0. The second-order valence-electron chi connectivity index (χ2n) is 5.00. The number of methoxy groups -OCH3 is 2. The molecule has 0 spiro atoms. The van der Waals surface area contributed by atoms with E-state index in [-0.39, 0.29) is 28.8 Å².